The zero-order valence-corrected chi connectivity index (χ0v) is 21.5. The standard InChI is InChI=1S/C20H24N6O9S2/c1-20(2,3)17(30)35-7-34-16(29)12-8(4-33-19(22)31)5-36-15-11(14(28)26(12)15)24-13(27)10(25-32)9-6-37-18(21)23-9/h6,11,15,32H,4-5,7H2,1-3H3,(H2,21,23)(H2,22,31)(H,24,27)/b25-10-. The largest absolute Gasteiger partial charge is 0.445 e. The van der Waals surface area contributed by atoms with Gasteiger partial charge in [0, 0.05) is 16.7 Å². The number of nitrogens with two attached hydrogens (primary N) is 2. The van der Waals surface area contributed by atoms with Crippen LogP contribution in [0.2, 0.25) is 0 Å². The number of anilines is 1. The second-order valence-electron chi connectivity index (χ2n) is 8.67. The Kier molecular flexibility index (Phi) is 8.27. The number of thioether (sulfide) groups is 1. The SMILES string of the molecule is CC(C)(C)C(=O)OCOC(=O)C1=C(COC(N)=O)CSC2C(NC(=O)/C(=N\O)c3csc(N)n3)C(=O)N12. The highest BCUT2D eigenvalue weighted by atomic mass is 32.2. The third-order valence-electron chi connectivity index (χ3n) is 4.99. The van der Waals surface area contributed by atoms with Crippen LogP contribution in [0.5, 0.6) is 0 Å². The van der Waals surface area contributed by atoms with E-state index < -0.39 is 65.8 Å². The van der Waals surface area contributed by atoms with Gasteiger partial charge in [-0.3, -0.25) is 19.3 Å². The molecule has 2 unspecified atom stereocenters. The molecular formula is C20H24N6O9S2. The molecule has 2 atom stereocenters. The smallest absolute Gasteiger partial charge is 0.404 e. The average molecular weight is 557 g/mol. The molecule has 1 aromatic heterocycles. The van der Waals surface area contributed by atoms with E-state index in [9.17, 15) is 29.2 Å². The number of nitrogens with one attached hydrogen (secondary N) is 1. The molecule has 6 N–H and O–H groups in total. The minimum absolute atomic E-state index is 0.0160. The molecule has 1 saturated heterocycles. The maximum absolute atomic E-state index is 13.0. The van der Waals surface area contributed by atoms with Gasteiger partial charge in [-0.2, -0.15) is 0 Å². The van der Waals surface area contributed by atoms with Gasteiger partial charge in [-0.25, -0.2) is 14.6 Å². The lowest BCUT2D eigenvalue weighted by Crippen LogP contribution is -2.71. The number of carbonyl (C=O) groups excluding carboxylic acids is 5. The molecule has 2 aliphatic heterocycles. The third-order valence-corrected chi connectivity index (χ3v) is 7.00. The van der Waals surface area contributed by atoms with Crippen molar-refractivity contribution in [2.24, 2.45) is 16.3 Å². The summed E-state index contributed by atoms with van der Waals surface area (Å²) in [4.78, 5) is 66.5. The second-order valence-corrected chi connectivity index (χ2v) is 10.7. The molecular weight excluding hydrogens is 532 g/mol. The van der Waals surface area contributed by atoms with Crippen molar-refractivity contribution in [2.45, 2.75) is 32.2 Å². The molecule has 0 aromatic carbocycles. The van der Waals surface area contributed by atoms with Crippen LogP contribution in [0.25, 0.3) is 0 Å². The lowest BCUT2D eigenvalue weighted by atomic mass is 9.98. The van der Waals surface area contributed by atoms with Crippen molar-refractivity contribution in [3.63, 3.8) is 0 Å². The number of esters is 2. The molecule has 1 fully saturated rings. The molecule has 15 nitrogen and oxygen atoms in total. The normalized spacial score (nSPS) is 19.5. The van der Waals surface area contributed by atoms with Crippen LogP contribution in [-0.4, -0.2) is 81.2 Å². The third kappa shape index (κ3) is 6.11. The highest BCUT2D eigenvalue weighted by Gasteiger charge is 2.55. The molecule has 0 aliphatic carbocycles. The molecule has 3 rings (SSSR count). The molecule has 200 valence electrons. The van der Waals surface area contributed by atoms with E-state index in [1.54, 1.807) is 20.8 Å². The molecule has 3 heterocycles. The van der Waals surface area contributed by atoms with E-state index >= 15 is 0 Å². The van der Waals surface area contributed by atoms with Crippen LogP contribution in [0, 0.1) is 5.41 Å². The van der Waals surface area contributed by atoms with Gasteiger partial charge in [0.2, 0.25) is 6.79 Å². The van der Waals surface area contributed by atoms with E-state index in [1.165, 1.54) is 17.1 Å². The number of carbonyl (C=O) groups is 5. The van der Waals surface area contributed by atoms with Gasteiger partial charge in [0.15, 0.2) is 10.8 Å². The number of β-lactam (4-membered cyclic amide) rings is 1. The van der Waals surface area contributed by atoms with Crippen LogP contribution < -0.4 is 16.8 Å². The number of oxime groups is 1. The van der Waals surface area contributed by atoms with Gasteiger partial charge in [0.25, 0.3) is 11.8 Å². The Morgan fingerprint density at radius 2 is 1.97 bits per heavy atom. The molecule has 1 aromatic rings. The van der Waals surface area contributed by atoms with E-state index in [0.29, 0.717) is 0 Å². The van der Waals surface area contributed by atoms with Gasteiger partial charge < -0.3 is 36.2 Å². The number of ether oxygens (including phenoxy) is 3. The van der Waals surface area contributed by atoms with Gasteiger partial charge >= 0.3 is 18.0 Å². The summed E-state index contributed by atoms with van der Waals surface area (Å²) in [6.45, 7) is 3.74. The van der Waals surface area contributed by atoms with E-state index in [-0.39, 0.29) is 27.8 Å². The molecule has 0 saturated carbocycles. The average Bonchev–Trinajstić information content (AvgIpc) is 3.25. The zero-order chi connectivity index (χ0) is 27.5. The minimum atomic E-state index is -1.09. The summed E-state index contributed by atoms with van der Waals surface area (Å²) >= 11 is 2.19. The number of primary amides is 1. The Labute approximate surface area is 218 Å². The summed E-state index contributed by atoms with van der Waals surface area (Å²) in [6.07, 6.45) is -1.09. The summed E-state index contributed by atoms with van der Waals surface area (Å²) in [5.41, 5.74) is 9.30. The topological polar surface area (TPSA) is 226 Å². The van der Waals surface area contributed by atoms with Crippen molar-refractivity contribution in [3.8, 4) is 0 Å². The fraction of sp³-hybridized carbons (Fsp3) is 0.450. The maximum Gasteiger partial charge on any atom is 0.404 e. The molecule has 0 radical (unpaired) electrons. The monoisotopic (exact) mass is 556 g/mol. The first-order valence-corrected chi connectivity index (χ1v) is 12.5. The Hall–Kier alpha value is -3.86. The molecule has 0 bridgehead atoms. The lowest BCUT2D eigenvalue weighted by Gasteiger charge is -2.49. The van der Waals surface area contributed by atoms with Gasteiger partial charge in [0.05, 0.1) is 5.41 Å². The van der Waals surface area contributed by atoms with Gasteiger partial charge in [-0.15, -0.1) is 23.1 Å². The van der Waals surface area contributed by atoms with Crippen molar-refractivity contribution in [3.05, 3.63) is 22.3 Å². The molecule has 37 heavy (non-hydrogen) atoms. The first kappa shape index (κ1) is 27.7. The number of fused-ring (bicyclic) bond motifs is 1. The number of aromatic nitrogens is 1. The maximum atomic E-state index is 13.0. The van der Waals surface area contributed by atoms with Crippen molar-refractivity contribution >= 4 is 63.8 Å². The Morgan fingerprint density at radius 1 is 1.27 bits per heavy atom. The number of nitrogen functional groups attached to an aromatic ring is 1. The lowest BCUT2D eigenvalue weighted by molar-refractivity contribution is -0.173. The van der Waals surface area contributed by atoms with E-state index in [0.717, 1.165) is 16.2 Å². The second kappa shape index (κ2) is 11.0. The number of nitrogens with zero attached hydrogens (tertiary/aromatic N) is 3. The van der Waals surface area contributed by atoms with Gasteiger partial charge in [-0.05, 0) is 20.8 Å². The molecule has 17 heteroatoms. The quantitative estimate of drug-likeness (QED) is 0.0811. The summed E-state index contributed by atoms with van der Waals surface area (Å²) in [7, 11) is 0. The van der Waals surface area contributed by atoms with E-state index in [1.807, 2.05) is 0 Å². The van der Waals surface area contributed by atoms with Crippen molar-refractivity contribution < 1.29 is 43.4 Å². The fourth-order valence-corrected chi connectivity index (χ4v) is 5.06. The predicted molar refractivity (Wildman–Crippen MR) is 129 cm³/mol. The van der Waals surface area contributed by atoms with Gasteiger partial charge in [0.1, 0.15) is 29.4 Å². The van der Waals surface area contributed by atoms with Crippen LogP contribution in [0.3, 0.4) is 0 Å². The predicted octanol–water partition coefficient (Wildman–Crippen LogP) is -0.257. The molecule has 2 aliphatic rings. The number of rotatable bonds is 8. The minimum Gasteiger partial charge on any atom is -0.445 e. The number of thiazole rings is 1. The number of amides is 3. The number of hydrogen-bond donors (Lipinski definition) is 4. The van der Waals surface area contributed by atoms with Crippen LogP contribution in [-0.2, 0) is 33.4 Å². The Balaban J connectivity index is 1.75. The van der Waals surface area contributed by atoms with Crippen LogP contribution >= 0.6 is 23.1 Å². The first-order valence-electron chi connectivity index (χ1n) is 10.5. The van der Waals surface area contributed by atoms with Crippen LogP contribution in [0.1, 0.15) is 26.5 Å². The first-order chi connectivity index (χ1) is 17.3. The van der Waals surface area contributed by atoms with Crippen molar-refractivity contribution in [1.82, 2.24) is 15.2 Å². The van der Waals surface area contributed by atoms with E-state index in [4.69, 9.17) is 25.7 Å². The highest BCUT2D eigenvalue weighted by Crippen LogP contribution is 2.40. The van der Waals surface area contributed by atoms with Crippen LogP contribution in [0.4, 0.5) is 9.93 Å². The Morgan fingerprint density at radius 3 is 2.54 bits per heavy atom. The van der Waals surface area contributed by atoms with Crippen molar-refractivity contribution in [2.75, 3.05) is 24.9 Å². The van der Waals surface area contributed by atoms with Crippen LogP contribution in [0.15, 0.2) is 21.8 Å². The number of hydrogen-bond acceptors (Lipinski definition) is 14. The molecule has 0 spiro atoms. The summed E-state index contributed by atoms with van der Waals surface area (Å²) in [6, 6.07) is -1.09. The summed E-state index contributed by atoms with van der Waals surface area (Å²) in [5, 5.41) is 15.5. The van der Waals surface area contributed by atoms with Gasteiger partial charge in [-0.1, -0.05) is 5.16 Å². The highest BCUT2D eigenvalue weighted by molar-refractivity contribution is 8.00. The van der Waals surface area contributed by atoms with E-state index in [2.05, 4.69) is 15.5 Å². The molecule has 3 amide bonds. The fourth-order valence-electron chi connectivity index (χ4n) is 3.18. The summed E-state index contributed by atoms with van der Waals surface area (Å²) in [5.74, 6) is -3.09. The Bertz CT molecular complexity index is 1190. The van der Waals surface area contributed by atoms with Crippen molar-refractivity contribution in [1.29, 1.82) is 0 Å². The zero-order valence-electron chi connectivity index (χ0n) is 19.9. The summed E-state index contributed by atoms with van der Waals surface area (Å²) < 4.78 is 14.8.